The lowest BCUT2D eigenvalue weighted by molar-refractivity contribution is 0.577. The van der Waals surface area contributed by atoms with Crippen molar-refractivity contribution in [3.05, 3.63) is 59.5 Å². The van der Waals surface area contributed by atoms with Crippen molar-refractivity contribution < 1.29 is 0 Å². The first-order valence-electron chi connectivity index (χ1n) is 8.77. The van der Waals surface area contributed by atoms with Gasteiger partial charge in [-0.1, -0.05) is 24.3 Å². The lowest BCUT2D eigenvalue weighted by atomic mass is 10.1. The molecular formula is C21H23N3. The molecule has 1 aliphatic rings. The van der Waals surface area contributed by atoms with E-state index in [1.165, 1.54) is 41.4 Å². The zero-order valence-corrected chi connectivity index (χ0v) is 14.1. The van der Waals surface area contributed by atoms with Crippen LogP contribution in [0.25, 0.3) is 23.1 Å². The molecule has 0 amide bonds. The molecule has 3 heterocycles. The fraction of sp³-hybridized carbons (Fsp3) is 0.286. The van der Waals surface area contributed by atoms with E-state index in [1.54, 1.807) is 0 Å². The number of piperidine rings is 1. The van der Waals surface area contributed by atoms with Crippen LogP contribution in [0.2, 0.25) is 0 Å². The molecule has 3 nitrogen and oxygen atoms in total. The monoisotopic (exact) mass is 317 g/mol. The second-order valence-electron chi connectivity index (χ2n) is 6.56. The molecule has 0 aliphatic carbocycles. The molecule has 0 saturated carbocycles. The summed E-state index contributed by atoms with van der Waals surface area (Å²) in [5.74, 6) is 0. The number of nitrogens with zero attached hydrogens (tertiary/aromatic N) is 2. The number of aromatic amines is 1. The first-order chi connectivity index (χ1) is 11.8. The van der Waals surface area contributed by atoms with E-state index in [0.717, 1.165) is 24.5 Å². The largest absolute Gasteiger partial charge is 0.371 e. The molecule has 1 fully saturated rings. The van der Waals surface area contributed by atoms with Crippen LogP contribution in [-0.2, 0) is 0 Å². The Morgan fingerprint density at radius 2 is 1.88 bits per heavy atom. The van der Waals surface area contributed by atoms with Gasteiger partial charge < -0.3 is 9.88 Å². The minimum Gasteiger partial charge on any atom is -0.371 e. The number of aryl methyl sites for hydroxylation is 1. The van der Waals surface area contributed by atoms with E-state index in [-0.39, 0.29) is 0 Å². The van der Waals surface area contributed by atoms with Crippen molar-refractivity contribution in [3.63, 3.8) is 0 Å². The number of aromatic nitrogens is 2. The van der Waals surface area contributed by atoms with Gasteiger partial charge in [0, 0.05) is 41.6 Å². The average Bonchev–Trinajstić information content (AvgIpc) is 3.03. The third-order valence-corrected chi connectivity index (χ3v) is 4.73. The number of benzene rings is 1. The normalized spacial score (nSPS) is 15.5. The van der Waals surface area contributed by atoms with Crippen LogP contribution in [-0.4, -0.2) is 23.1 Å². The predicted octanol–water partition coefficient (Wildman–Crippen LogP) is 5.03. The summed E-state index contributed by atoms with van der Waals surface area (Å²) >= 11 is 0. The number of pyridine rings is 1. The fourth-order valence-electron chi connectivity index (χ4n) is 3.50. The fourth-order valence-corrected chi connectivity index (χ4v) is 3.50. The molecule has 0 unspecified atom stereocenters. The molecule has 0 spiro atoms. The van der Waals surface area contributed by atoms with Gasteiger partial charge in [0.05, 0.1) is 5.69 Å². The molecule has 24 heavy (non-hydrogen) atoms. The third-order valence-electron chi connectivity index (χ3n) is 4.73. The van der Waals surface area contributed by atoms with Gasteiger partial charge in [0.2, 0.25) is 0 Å². The smallest absolute Gasteiger partial charge is 0.0653 e. The molecule has 122 valence electrons. The topological polar surface area (TPSA) is 31.9 Å². The van der Waals surface area contributed by atoms with Crippen molar-refractivity contribution in [2.75, 3.05) is 18.0 Å². The molecular weight excluding hydrogens is 294 g/mol. The quantitative estimate of drug-likeness (QED) is 0.734. The van der Waals surface area contributed by atoms with Crippen LogP contribution in [0.5, 0.6) is 0 Å². The maximum absolute atomic E-state index is 4.68. The first-order valence-corrected chi connectivity index (χ1v) is 8.77. The molecule has 0 radical (unpaired) electrons. The highest BCUT2D eigenvalue weighted by Crippen LogP contribution is 2.23. The Bertz CT molecular complexity index is 870. The van der Waals surface area contributed by atoms with Crippen LogP contribution < -0.4 is 4.90 Å². The summed E-state index contributed by atoms with van der Waals surface area (Å²) in [5.41, 5.74) is 5.79. The number of hydrogen-bond acceptors (Lipinski definition) is 2. The summed E-state index contributed by atoms with van der Waals surface area (Å²) in [5, 5.41) is 1.25. The van der Waals surface area contributed by atoms with E-state index in [0.29, 0.717) is 0 Å². The Kier molecular flexibility index (Phi) is 4.08. The SMILES string of the molecule is Cc1cc(N2CCCCC2)cc(/C=C/c2c[nH]c3ccccc23)n1. The second-order valence-corrected chi connectivity index (χ2v) is 6.56. The Labute approximate surface area is 143 Å². The van der Waals surface area contributed by atoms with Gasteiger partial charge in [-0.2, -0.15) is 0 Å². The maximum Gasteiger partial charge on any atom is 0.0653 e. The van der Waals surface area contributed by atoms with E-state index in [1.807, 2.05) is 0 Å². The predicted molar refractivity (Wildman–Crippen MR) is 102 cm³/mol. The summed E-state index contributed by atoms with van der Waals surface area (Å²) in [6.45, 7) is 4.40. The summed E-state index contributed by atoms with van der Waals surface area (Å²) in [7, 11) is 0. The zero-order valence-electron chi connectivity index (χ0n) is 14.1. The van der Waals surface area contributed by atoms with Crippen molar-refractivity contribution in [3.8, 4) is 0 Å². The number of nitrogens with one attached hydrogen (secondary N) is 1. The molecule has 3 aromatic rings. The summed E-state index contributed by atoms with van der Waals surface area (Å²) in [6.07, 6.45) is 10.3. The van der Waals surface area contributed by atoms with Gasteiger partial charge in [0.15, 0.2) is 0 Å². The standard InChI is InChI=1S/C21H23N3/c1-16-13-19(24-11-5-2-6-12-24)14-18(23-16)10-9-17-15-22-21-8-4-3-7-20(17)21/h3-4,7-10,13-15,22H,2,5-6,11-12H2,1H3/b10-9+. The van der Waals surface area contributed by atoms with Gasteiger partial charge in [-0.25, -0.2) is 0 Å². The number of anilines is 1. The van der Waals surface area contributed by atoms with Crippen LogP contribution >= 0.6 is 0 Å². The Balaban J connectivity index is 1.63. The highest BCUT2D eigenvalue weighted by atomic mass is 15.1. The van der Waals surface area contributed by atoms with Crippen molar-refractivity contribution in [1.29, 1.82) is 0 Å². The van der Waals surface area contributed by atoms with E-state index < -0.39 is 0 Å². The molecule has 1 aromatic carbocycles. The number of hydrogen-bond donors (Lipinski definition) is 1. The van der Waals surface area contributed by atoms with E-state index >= 15 is 0 Å². The summed E-state index contributed by atoms with van der Waals surface area (Å²) in [4.78, 5) is 10.5. The highest BCUT2D eigenvalue weighted by molar-refractivity contribution is 5.91. The Hall–Kier alpha value is -2.55. The molecule has 1 saturated heterocycles. The van der Waals surface area contributed by atoms with Gasteiger partial charge >= 0.3 is 0 Å². The van der Waals surface area contributed by atoms with Crippen LogP contribution in [0.15, 0.2) is 42.6 Å². The molecule has 0 atom stereocenters. The van der Waals surface area contributed by atoms with Crippen LogP contribution in [0, 0.1) is 6.92 Å². The molecule has 2 aromatic heterocycles. The van der Waals surface area contributed by atoms with E-state index in [2.05, 4.69) is 76.5 Å². The van der Waals surface area contributed by atoms with Gasteiger partial charge in [0.25, 0.3) is 0 Å². The Morgan fingerprint density at radius 3 is 2.75 bits per heavy atom. The number of rotatable bonds is 3. The van der Waals surface area contributed by atoms with Gasteiger partial charge in [-0.3, -0.25) is 4.98 Å². The van der Waals surface area contributed by atoms with Gasteiger partial charge in [-0.15, -0.1) is 0 Å². The first kappa shape index (κ1) is 15.0. The van der Waals surface area contributed by atoms with Crippen molar-refractivity contribution in [2.45, 2.75) is 26.2 Å². The maximum atomic E-state index is 4.68. The minimum atomic E-state index is 1.03. The molecule has 0 bridgehead atoms. The van der Waals surface area contributed by atoms with Crippen LogP contribution in [0.3, 0.4) is 0 Å². The summed E-state index contributed by atoms with van der Waals surface area (Å²) in [6, 6.07) is 12.8. The second kappa shape index (κ2) is 6.52. The van der Waals surface area contributed by atoms with Crippen molar-refractivity contribution in [2.24, 2.45) is 0 Å². The van der Waals surface area contributed by atoms with Crippen molar-refractivity contribution in [1.82, 2.24) is 9.97 Å². The van der Waals surface area contributed by atoms with Crippen LogP contribution in [0.4, 0.5) is 5.69 Å². The van der Waals surface area contributed by atoms with Gasteiger partial charge in [0.1, 0.15) is 0 Å². The number of fused-ring (bicyclic) bond motifs is 1. The van der Waals surface area contributed by atoms with Gasteiger partial charge in [-0.05, 0) is 56.0 Å². The lowest BCUT2D eigenvalue weighted by Crippen LogP contribution is -2.29. The number of H-pyrrole nitrogens is 1. The summed E-state index contributed by atoms with van der Waals surface area (Å²) < 4.78 is 0. The molecule has 3 heteroatoms. The molecule has 4 rings (SSSR count). The minimum absolute atomic E-state index is 1.03. The molecule has 1 aliphatic heterocycles. The average molecular weight is 317 g/mol. The Morgan fingerprint density at radius 1 is 1.04 bits per heavy atom. The lowest BCUT2D eigenvalue weighted by Gasteiger charge is -2.29. The highest BCUT2D eigenvalue weighted by Gasteiger charge is 2.12. The zero-order chi connectivity index (χ0) is 16.4. The van der Waals surface area contributed by atoms with Crippen LogP contribution in [0.1, 0.15) is 36.2 Å². The number of para-hydroxylation sites is 1. The third kappa shape index (κ3) is 3.07. The van der Waals surface area contributed by atoms with E-state index in [9.17, 15) is 0 Å². The van der Waals surface area contributed by atoms with E-state index in [4.69, 9.17) is 0 Å². The molecule has 1 N–H and O–H groups in total. The van der Waals surface area contributed by atoms with Crippen molar-refractivity contribution >= 4 is 28.7 Å².